The summed E-state index contributed by atoms with van der Waals surface area (Å²) in [6, 6.07) is 6.75. The molecule has 38 heavy (non-hydrogen) atoms. The molecule has 1 fully saturated rings. The van der Waals surface area contributed by atoms with E-state index in [1.54, 1.807) is 13.0 Å². The van der Waals surface area contributed by atoms with E-state index in [4.69, 9.17) is 4.74 Å². The van der Waals surface area contributed by atoms with Gasteiger partial charge in [-0.15, -0.1) is 10.2 Å². The largest absolute Gasteiger partial charge is 0.435 e. The van der Waals surface area contributed by atoms with E-state index >= 15 is 0 Å². The van der Waals surface area contributed by atoms with Crippen LogP contribution in [-0.2, 0) is 21.4 Å². The van der Waals surface area contributed by atoms with E-state index in [9.17, 15) is 30.8 Å². The molecule has 1 aliphatic carbocycles. The minimum Gasteiger partial charge on any atom is -0.418 e. The van der Waals surface area contributed by atoms with Crippen molar-refractivity contribution in [1.29, 1.82) is 0 Å². The van der Waals surface area contributed by atoms with Gasteiger partial charge in [-0.1, -0.05) is 19.4 Å². The monoisotopic (exact) mass is 552 g/mol. The van der Waals surface area contributed by atoms with Crippen molar-refractivity contribution in [2.24, 2.45) is 0 Å². The number of nitrogens with one attached hydrogen (secondary N) is 1. The Hall–Kier alpha value is -3.61. The molecule has 202 valence electrons. The fraction of sp³-hybridized carbons (Fsp3) is 0.360. The van der Waals surface area contributed by atoms with Crippen LogP contribution in [0.4, 0.5) is 23.2 Å². The number of sulfone groups is 1. The van der Waals surface area contributed by atoms with Gasteiger partial charge in [-0.3, -0.25) is 4.79 Å². The third-order valence-corrected chi connectivity index (χ3v) is 7.73. The van der Waals surface area contributed by atoms with Crippen molar-refractivity contribution >= 4 is 21.4 Å². The van der Waals surface area contributed by atoms with E-state index in [0.717, 1.165) is 38.5 Å². The molecule has 1 amide bonds. The first kappa shape index (κ1) is 27.4. The van der Waals surface area contributed by atoms with Gasteiger partial charge in [0, 0.05) is 23.1 Å². The van der Waals surface area contributed by atoms with Crippen molar-refractivity contribution in [2.45, 2.75) is 56.5 Å². The Labute approximate surface area is 216 Å². The fourth-order valence-corrected chi connectivity index (χ4v) is 4.94. The number of ether oxygens (including phenoxy) is 1. The SMILES string of the molecule is Cc1cc(C2(C)CCC2)c(F)nc1Oc1nnc(C(F)(F)F)c(C)c1C(=O)Nc1cccc(S(C)(=O)=O)c1. The van der Waals surface area contributed by atoms with Crippen LogP contribution in [-0.4, -0.2) is 35.8 Å². The average Bonchev–Trinajstić information content (AvgIpc) is 2.78. The van der Waals surface area contributed by atoms with Gasteiger partial charge in [-0.2, -0.15) is 22.5 Å². The molecular weight excluding hydrogens is 528 g/mol. The topological polar surface area (TPSA) is 111 Å². The van der Waals surface area contributed by atoms with Crippen molar-refractivity contribution in [1.82, 2.24) is 15.2 Å². The quantitative estimate of drug-likeness (QED) is 0.316. The van der Waals surface area contributed by atoms with Gasteiger partial charge in [0.05, 0.1) is 4.90 Å². The molecule has 1 aliphatic rings. The van der Waals surface area contributed by atoms with Gasteiger partial charge in [-0.25, -0.2) is 8.42 Å². The molecule has 2 heterocycles. The molecule has 1 N–H and O–H groups in total. The van der Waals surface area contributed by atoms with Gasteiger partial charge in [0.25, 0.3) is 11.8 Å². The summed E-state index contributed by atoms with van der Waals surface area (Å²) in [7, 11) is -3.62. The summed E-state index contributed by atoms with van der Waals surface area (Å²) in [6.45, 7) is 4.53. The lowest BCUT2D eigenvalue weighted by atomic mass is 9.66. The number of carbonyl (C=O) groups is 1. The maximum atomic E-state index is 14.9. The highest BCUT2D eigenvalue weighted by molar-refractivity contribution is 7.90. The third kappa shape index (κ3) is 5.33. The number of halogens is 4. The van der Waals surface area contributed by atoms with E-state index in [1.807, 2.05) is 6.92 Å². The molecule has 0 radical (unpaired) electrons. The minimum absolute atomic E-state index is 0.00657. The van der Waals surface area contributed by atoms with Crippen LogP contribution in [0.2, 0.25) is 0 Å². The summed E-state index contributed by atoms with van der Waals surface area (Å²) in [5, 5.41) is 9.04. The number of alkyl halides is 3. The summed E-state index contributed by atoms with van der Waals surface area (Å²) in [5.41, 5.74) is -2.18. The number of pyridine rings is 1. The van der Waals surface area contributed by atoms with E-state index in [-0.39, 0.29) is 21.9 Å². The van der Waals surface area contributed by atoms with Crippen LogP contribution < -0.4 is 10.1 Å². The Balaban J connectivity index is 1.76. The lowest BCUT2D eigenvalue weighted by molar-refractivity contribution is -0.142. The summed E-state index contributed by atoms with van der Waals surface area (Å²) in [5.74, 6) is -2.76. The van der Waals surface area contributed by atoms with E-state index in [0.29, 0.717) is 11.1 Å². The molecule has 0 atom stereocenters. The molecule has 1 saturated carbocycles. The van der Waals surface area contributed by atoms with Gasteiger partial charge < -0.3 is 10.1 Å². The van der Waals surface area contributed by atoms with Crippen molar-refractivity contribution in [3.63, 3.8) is 0 Å². The highest BCUT2D eigenvalue weighted by Crippen LogP contribution is 2.45. The lowest BCUT2D eigenvalue weighted by Gasteiger charge is -2.38. The standard InChI is InChI=1S/C25H24F4N4O4S/c1-13-11-17(24(3)9-6-10-24)20(26)31-22(13)37-23-18(14(2)19(32-33-23)25(27,28)29)21(34)30-15-7-5-8-16(12-15)38(4,35)36/h5,7-8,11-12H,6,9-10H2,1-4H3,(H,30,34). The highest BCUT2D eigenvalue weighted by Gasteiger charge is 2.39. The summed E-state index contributed by atoms with van der Waals surface area (Å²) >= 11 is 0. The predicted octanol–water partition coefficient (Wildman–Crippen LogP) is 5.54. The van der Waals surface area contributed by atoms with Gasteiger partial charge in [-0.05, 0) is 61.9 Å². The number of benzene rings is 1. The summed E-state index contributed by atoms with van der Waals surface area (Å²) in [6.07, 6.45) is -1.42. The van der Waals surface area contributed by atoms with Crippen LogP contribution in [0, 0.1) is 19.8 Å². The zero-order chi connectivity index (χ0) is 28.0. The third-order valence-electron chi connectivity index (χ3n) is 6.62. The van der Waals surface area contributed by atoms with Crippen LogP contribution >= 0.6 is 0 Å². The van der Waals surface area contributed by atoms with Gasteiger partial charge in [0.2, 0.25) is 11.8 Å². The number of nitrogens with zero attached hydrogens (tertiary/aromatic N) is 3. The van der Waals surface area contributed by atoms with Crippen LogP contribution in [0.5, 0.6) is 11.8 Å². The molecule has 2 aromatic heterocycles. The Morgan fingerprint density at radius 2 is 1.79 bits per heavy atom. The molecule has 3 aromatic rings. The molecule has 13 heteroatoms. The van der Waals surface area contributed by atoms with Crippen molar-refractivity contribution in [3.8, 4) is 11.8 Å². The second-order valence-corrected chi connectivity index (χ2v) is 11.6. The molecule has 0 spiro atoms. The fourth-order valence-electron chi connectivity index (χ4n) is 4.28. The van der Waals surface area contributed by atoms with Gasteiger partial charge in [0.15, 0.2) is 15.5 Å². The number of aromatic nitrogens is 3. The average molecular weight is 553 g/mol. The Bertz CT molecular complexity index is 1540. The maximum absolute atomic E-state index is 14.9. The number of amides is 1. The minimum atomic E-state index is -4.93. The molecule has 1 aromatic carbocycles. The molecule has 0 bridgehead atoms. The molecular formula is C25H24F4N4O4S. The van der Waals surface area contributed by atoms with Crippen molar-refractivity contribution in [3.05, 3.63) is 64.2 Å². The maximum Gasteiger partial charge on any atom is 0.435 e. The van der Waals surface area contributed by atoms with Crippen molar-refractivity contribution < 1.29 is 35.5 Å². The lowest BCUT2D eigenvalue weighted by Crippen LogP contribution is -2.32. The van der Waals surface area contributed by atoms with Gasteiger partial charge in [0.1, 0.15) is 5.56 Å². The second-order valence-electron chi connectivity index (χ2n) is 9.57. The van der Waals surface area contributed by atoms with Crippen LogP contribution in [0.3, 0.4) is 0 Å². The van der Waals surface area contributed by atoms with E-state index in [1.165, 1.54) is 18.2 Å². The number of anilines is 1. The number of rotatable bonds is 6. The van der Waals surface area contributed by atoms with Crippen LogP contribution in [0.15, 0.2) is 35.2 Å². The number of hydrogen-bond acceptors (Lipinski definition) is 7. The number of aryl methyl sites for hydroxylation is 1. The number of carbonyl (C=O) groups excluding carboxylic acids is 1. The van der Waals surface area contributed by atoms with Crippen LogP contribution in [0.1, 0.15) is 58.9 Å². The molecule has 0 saturated heterocycles. The second kappa shape index (κ2) is 9.61. The molecule has 0 unspecified atom stereocenters. The smallest absolute Gasteiger partial charge is 0.418 e. The Kier molecular flexibility index (Phi) is 6.93. The normalized spacial score (nSPS) is 15.1. The molecule has 0 aliphatic heterocycles. The van der Waals surface area contributed by atoms with Crippen LogP contribution in [0.25, 0.3) is 0 Å². The first-order valence-corrected chi connectivity index (χ1v) is 13.4. The first-order valence-electron chi connectivity index (χ1n) is 11.5. The predicted molar refractivity (Wildman–Crippen MR) is 129 cm³/mol. The van der Waals surface area contributed by atoms with Gasteiger partial charge >= 0.3 is 6.18 Å². The number of hydrogen-bond donors (Lipinski definition) is 1. The first-order chi connectivity index (χ1) is 17.6. The zero-order valence-corrected chi connectivity index (χ0v) is 21.7. The summed E-state index contributed by atoms with van der Waals surface area (Å²) < 4.78 is 84.9. The molecule has 8 nitrogen and oxygen atoms in total. The van der Waals surface area contributed by atoms with Crippen molar-refractivity contribution in [2.75, 3.05) is 11.6 Å². The Morgan fingerprint density at radius 1 is 1.11 bits per heavy atom. The van der Waals surface area contributed by atoms with E-state index in [2.05, 4.69) is 20.5 Å². The van der Waals surface area contributed by atoms with E-state index < -0.39 is 50.6 Å². The highest BCUT2D eigenvalue weighted by atomic mass is 32.2. The summed E-state index contributed by atoms with van der Waals surface area (Å²) in [4.78, 5) is 17.0. The molecule has 4 rings (SSSR count). The zero-order valence-electron chi connectivity index (χ0n) is 20.9. The Morgan fingerprint density at radius 3 is 2.37 bits per heavy atom.